The minimum Gasteiger partial charge on any atom is -0.321 e. The smallest absolute Gasteiger partial charge is 0.270 e. The third-order valence-electron chi connectivity index (χ3n) is 4.60. The number of aryl methyl sites for hydroxylation is 3. The Labute approximate surface area is 170 Å². The van der Waals surface area contributed by atoms with E-state index in [-0.39, 0.29) is 11.6 Å². The van der Waals surface area contributed by atoms with Gasteiger partial charge in [-0.15, -0.1) is 0 Å². The molecule has 4 rings (SSSR count). The number of fused-ring (bicyclic) bond motifs is 1. The molecular weight excluding hydrogens is 388 g/mol. The number of nitro benzene ring substituents is 1. The van der Waals surface area contributed by atoms with Gasteiger partial charge < -0.3 is 5.32 Å². The van der Waals surface area contributed by atoms with E-state index in [0.717, 1.165) is 22.5 Å². The maximum absolute atomic E-state index is 12.8. The fourth-order valence-corrected chi connectivity index (χ4v) is 4.32. The molecule has 7 nitrogen and oxygen atoms in total. The first-order valence-electron chi connectivity index (χ1n) is 8.95. The molecule has 0 spiro atoms. The van der Waals surface area contributed by atoms with Crippen molar-refractivity contribution in [3.05, 3.63) is 80.5 Å². The first kappa shape index (κ1) is 18.8. The van der Waals surface area contributed by atoms with Gasteiger partial charge in [-0.2, -0.15) is 0 Å². The van der Waals surface area contributed by atoms with E-state index in [4.69, 9.17) is 0 Å². The summed E-state index contributed by atoms with van der Waals surface area (Å²) in [6.45, 7) is 5.84. The summed E-state index contributed by atoms with van der Waals surface area (Å²) in [5, 5.41) is 14.0. The largest absolute Gasteiger partial charge is 0.321 e. The normalized spacial score (nSPS) is 11.0. The molecule has 1 N–H and O–H groups in total. The van der Waals surface area contributed by atoms with E-state index in [9.17, 15) is 14.9 Å². The van der Waals surface area contributed by atoms with Gasteiger partial charge in [0.25, 0.3) is 11.6 Å². The van der Waals surface area contributed by atoms with E-state index in [1.165, 1.54) is 23.5 Å². The van der Waals surface area contributed by atoms with Crippen molar-refractivity contribution in [2.75, 3.05) is 5.32 Å². The van der Waals surface area contributed by atoms with Gasteiger partial charge in [-0.05, 0) is 44.0 Å². The molecule has 2 aromatic heterocycles. The van der Waals surface area contributed by atoms with E-state index in [0.29, 0.717) is 21.1 Å². The van der Waals surface area contributed by atoms with Crippen LogP contribution in [0.5, 0.6) is 0 Å². The first-order valence-corrected chi connectivity index (χ1v) is 9.76. The number of nitro groups is 1. The summed E-state index contributed by atoms with van der Waals surface area (Å²) in [5.41, 5.74) is 5.01. The maximum Gasteiger partial charge on any atom is 0.270 e. The second-order valence-corrected chi connectivity index (χ2v) is 7.91. The molecule has 4 aromatic rings. The fourth-order valence-electron chi connectivity index (χ4n) is 3.31. The fraction of sp³-hybridized carbons (Fsp3) is 0.143. The van der Waals surface area contributed by atoms with E-state index in [1.807, 2.05) is 37.3 Å². The molecule has 2 heterocycles. The van der Waals surface area contributed by atoms with Crippen LogP contribution in [0.3, 0.4) is 0 Å². The van der Waals surface area contributed by atoms with Crippen molar-refractivity contribution in [1.82, 2.24) is 9.38 Å². The lowest BCUT2D eigenvalue weighted by Gasteiger charge is -2.07. The minimum atomic E-state index is -0.428. The van der Waals surface area contributed by atoms with Gasteiger partial charge in [-0.25, -0.2) is 4.98 Å². The number of nitrogens with zero attached hydrogens (tertiary/aromatic N) is 3. The number of aromatic nitrogens is 2. The highest BCUT2D eigenvalue weighted by Gasteiger charge is 2.19. The molecule has 0 aliphatic heterocycles. The Morgan fingerprint density at radius 2 is 1.86 bits per heavy atom. The summed E-state index contributed by atoms with van der Waals surface area (Å²) in [5.74, 6) is -0.181. The number of carbonyl (C=O) groups is 1. The summed E-state index contributed by atoms with van der Waals surface area (Å²) < 4.78 is 1.84. The Hall–Kier alpha value is -3.52. The van der Waals surface area contributed by atoms with Crippen LogP contribution in [0.1, 0.15) is 26.5 Å². The van der Waals surface area contributed by atoms with Gasteiger partial charge in [0, 0.05) is 35.3 Å². The third-order valence-corrected chi connectivity index (χ3v) is 5.75. The molecule has 0 bridgehead atoms. The predicted octanol–water partition coefficient (Wildman–Crippen LogP) is 5.15. The predicted molar refractivity (Wildman–Crippen MR) is 114 cm³/mol. The standard InChI is InChI=1S/C21H18N4O3S/c1-12-7-13(2)9-16(8-12)22-20(26)19-14(3)24-11-18(23-21(24)29-19)15-5-4-6-17(10-15)25(27)28/h4-11H,1-3H3,(H,22,26). The highest BCUT2D eigenvalue weighted by atomic mass is 32.1. The summed E-state index contributed by atoms with van der Waals surface area (Å²) >= 11 is 1.29. The lowest BCUT2D eigenvalue weighted by Crippen LogP contribution is -2.12. The molecule has 2 aromatic carbocycles. The molecule has 0 fully saturated rings. The van der Waals surface area contributed by atoms with Crippen LogP contribution in [0.25, 0.3) is 16.2 Å². The Kier molecular flexibility index (Phi) is 4.63. The molecule has 1 amide bonds. The van der Waals surface area contributed by atoms with Crippen LogP contribution in [0.2, 0.25) is 0 Å². The monoisotopic (exact) mass is 406 g/mol. The van der Waals surface area contributed by atoms with Crippen LogP contribution in [-0.4, -0.2) is 20.2 Å². The van der Waals surface area contributed by atoms with E-state index >= 15 is 0 Å². The van der Waals surface area contributed by atoms with Gasteiger partial charge in [-0.1, -0.05) is 29.5 Å². The van der Waals surface area contributed by atoms with Gasteiger partial charge in [-0.3, -0.25) is 19.3 Å². The van der Waals surface area contributed by atoms with Crippen molar-refractivity contribution in [3.8, 4) is 11.3 Å². The van der Waals surface area contributed by atoms with Gasteiger partial charge >= 0.3 is 0 Å². The van der Waals surface area contributed by atoms with Crippen LogP contribution in [0.4, 0.5) is 11.4 Å². The molecule has 0 saturated carbocycles. The van der Waals surface area contributed by atoms with Crippen molar-refractivity contribution in [3.63, 3.8) is 0 Å². The number of anilines is 1. The van der Waals surface area contributed by atoms with Crippen LogP contribution in [-0.2, 0) is 0 Å². The summed E-state index contributed by atoms with van der Waals surface area (Å²) in [7, 11) is 0. The molecule has 0 unspecified atom stereocenters. The SMILES string of the molecule is Cc1cc(C)cc(NC(=O)c2sc3nc(-c4cccc([N+](=O)[O-])c4)cn3c2C)c1. The first-order chi connectivity index (χ1) is 13.8. The molecule has 0 radical (unpaired) electrons. The summed E-state index contributed by atoms with van der Waals surface area (Å²) in [6, 6.07) is 12.3. The van der Waals surface area contributed by atoms with Crippen LogP contribution >= 0.6 is 11.3 Å². The van der Waals surface area contributed by atoms with Crippen molar-refractivity contribution >= 4 is 33.6 Å². The number of imidazole rings is 1. The number of hydrogen-bond acceptors (Lipinski definition) is 5. The molecule has 0 atom stereocenters. The van der Waals surface area contributed by atoms with E-state index < -0.39 is 4.92 Å². The molecule has 0 saturated heterocycles. The maximum atomic E-state index is 12.8. The van der Waals surface area contributed by atoms with Gasteiger partial charge in [0.05, 0.1) is 10.6 Å². The highest BCUT2D eigenvalue weighted by molar-refractivity contribution is 7.19. The number of non-ortho nitro benzene ring substituents is 1. The quantitative estimate of drug-likeness (QED) is 0.375. The average Bonchev–Trinajstić information content (AvgIpc) is 3.20. The van der Waals surface area contributed by atoms with E-state index in [2.05, 4.69) is 16.4 Å². The number of carbonyl (C=O) groups excluding carboxylic acids is 1. The van der Waals surface area contributed by atoms with Gasteiger partial charge in [0.1, 0.15) is 4.88 Å². The number of nitrogens with one attached hydrogen (secondary N) is 1. The average molecular weight is 406 g/mol. The Bertz CT molecular complexity index is 1250. The molecule has 146 valence electrons. The molecular formula is C21H18N4O3S. The van der Waals surface area contributed by atoms with Crippen LogP contribution in [0, 0.1) is 30.9 Å². The molecule has 8 heteroatoms. The van der Waals surface area contributed by atoms with Gasteiger partial charge in [0.2, 0.25) is 0 Å². The summed E-state index contributed by atoms with van der Waals surface area (Å²) in [6.07, 6.45) is 1.80. The van der Waals surface area contributed by atoms with E-state index in [1.54, 1.807) is 18.3 Å². The number of hydrogen-bond donors (Lipinski definition) is 1. The second-order valence-electron chi connectivity index (χ2n) is 6.93. The number of benzene rings is 2. The molecule has 0 aliphatic carbocycles. The zero-order valence-corrected chi connectivity index (χ0v) is 16.9. The summed E-state index contributed by atoms with van der Waals surface area (Å²) in [4.78, 5) is 29.2. The highest BCUT2D eigenvalue weighted by Crippen LogP contribution is 2.29. The van der Waals surface area contributed by atoms with Crippen LogP contribution in [0.15, 0.2) is 48.7 Å². The zero-order chi connectivity index (χ0) is 20.7. The topological polar surface area (TPSA) is 89.5 Å². The minimum absolute atomic E-state index is 0.0177. The Morgan fingerprint density at radius 1 is 1.14 bits per heavy atom. The number of thiazole rings is 1. The van der Waals surface area contributed by atoms with Crippen molar-refractivity contribution in [2.24, 2.45) is 0 Å². The second kappa shape index (κ2) is 7.14. The Morgan fingerprint density at radius 3 is 2.52 bits per heavy atom. The van der Waals surface area contributed by atoms with Gasteiger partial charge in [0.15, 0.2) is 4.96 Å². The molecule has 29 heavy (non-hydrogen) atoms. The van der Waals surface area contributed by atoms with Crippen LogP contribution < -0.4 is 5.32 Å². The number of rotatable bonds is 4. The lowest BCUT2D eigenvalue weighted by molar-refractivity contribution is -0.384. The van der Waals surface area contributed by atoms with Crippen molar-refractivity contribution < 1.29 is 9.72 Å². The molecule has 0 aliphatic rings. The Balaban J connectivity index is 1.65. The number of amides is 1. The third kappa shape index (κ3) is 3.62. The van der Waals surface area contributed by atoms with Crippen molar-refractivity contribution in [1.29, 1.82) is 0 Å². The lowest BCUT2D eigenvalue weighted by atomic mass is 10.1. The van der Waals surface area contributed by atoms with Crippen molar-refractivity contribution in [2.45, 2.75) is 20.8 Å². The zero-order valence-electron chi connectivity index (χ0n) is 16.1.